The van der Waals surface area contributed by atoms with E-state index in [1.165, 1.54) is 6.92 Å². The second kappa shape index (κ2) is 7.35. The molecule has 0 aliphatic rings. The van der Waals surface area contributed by atoms with Crippen LogP contribution in [0.5, 0.6) is 0 Å². The van der Waals surface area contributed by atoms with E-state index in [9.17, 15) is 22.8 Å². The fraction of sp³-hybridized carbons (Fsp3) is 0.385. The predicted molar refractivity (Wildman–Crippen MR) is 72.6 cm³/mol. The summed E-state index contributed by atoms with van der Waals surface area (Å²) in [7, 11) is 0. The van der Waals surface area contributed by atoms with Crippen LogP contribution in [0.3, 0.4) is 0 Å². The first-order chi connectivity index (χ1) is 9.70. The highest BCUT2D eigenvalue weighted by Crippen LogP contribution is 2.30. The fourth-order valence-corrected chi connectivity index (χ4v) is 2.04. The van der Waals surface area contributed by atoms with Gasteiger partial charge in [0.25, 0.3) is 0 Å². The molecule has 2 unspecified atom stereocenters. The number of carboxylic acids is 1. The summed E-state index contributed by atoms with van der Waals surface area (Å²) in [4.78, 5) is 22.7. The van der Waals surface area contributed by atoms with Gasteiger partial charge in [0.2, 0.25) is 5.91 Å². The zero-order valence-corrected chi connectivity index (χ0v) is 11.9. The molecule has 0 heterocycles. The van der Waals surface area contributed by atoms with E-state index >= 15 is 0 Å². The Morgan fingerprint density at radius 1 is 1.29 bits per heavy atom. The number of carboxylic acid groups (broad SMARTS) is 1. The van der Waals surface area contributed by atoms with Gasteiger partial charge in [-0.3, -0.25) is 9.59 Å². The maximum absolute atomic E-state index is 12.1. The molecule has 0 saturated carbocycles. The van der Waals surface area contributed by atoms with Gasteiger partial charge in [0, 0.05) is 0 Å². The van der Waals surface area contributed by atoms with Gasteiger partial charge < -0.3 is 10.4 Å². The molecule has 0 bridgehead atoms. The summed E-state index contributed by atoms with van der Waals surface area (Å²) >= 11 is -0.461. The van der Waals surface area contributed by atoms with Crippen LogP contribution in [0.2, 0.25) is 0 Å². The summed E-state index contributed by atoms with van der Waals surface area (Å²) in [5, 5.41) is 11.4. The summed E-state index contributed by atoms with van der Waals surface area (Å²) in [6.45, 7) is 1.39. The van der Waals surface area contributed by atoms with Gasteiger partial charge in [-0.2, -0.15) is 13.2 Å². The topological polar surface area (TPSA) is 66.4 Å². The van der Waals surface area contributed by atoms with Crippen molar-refractivity contribution in [3.05, 3.63) is 35.9 Å². The highest BCUT2D eigenvalue weighted by Gasteiger charge is 2.31. The van der Waals surface area contributed by atoms with Gasteiger partial charge >= 0.3 is 11.5 Å². The molecule has 0 aliphatic heterocycles. The molecular weight excluding hydrogens is 307 g/mol. The predicted octanol–water partition coefficient (Wildman–Crippen LogP) is 2.82. The number of carbonyl (C=O) groups is 2. The Morgan fingerprint density at radius 2 is 1.86 bits per heavy atom. The fourth-order valence-electron chi connectivity index (χ4n) is 1.66. The Kier molecular flexibility index (Phi) is 6.07. The number of aliphatic carboxylic acids is 1. The molecule has 0 saturated heterocycles. The van der Waals surface area contributed by atoms with E-state index in [2.05, 4.69) is 5.32 Å². The van der Waals surface area contributed by atoms with Gasteiger partial charge in [-0.1, -0.05) is 30.3 Å². The van der Waals surface area contributed by atoms with E-state index in [0.717, 1.165) is 0 Å². The minimum absolute atomic E-state index is 0.461. The molecule has 21 heavy (non-hydrogen) atoms. The minimum Gasteiger partial charge on any atom is -0.481 e. The molecule has 0 aliphatic carbocycles. The number of halogens is 3. The average molecular weight is 321 g/mol. The Morgan fingerprint density at radius 3 is 2.33 bits per heavy atom. The zero-order chi connectivity index (χ0) is 16.0. The molecule has 0 spiro atoms. The molecule has 1 aromatic rings. The third-order valence-corrected chi connectivity index (χ3v) is 3.47. The Balaban J connectivity index is 2.79. The Hall–Kier alpha value is -1.70. The number of benzene rings is 1. The molecule has 1 amide bonds. The van der Waals surface area contributed by atoms with E-state index in [4.69, 9.17) is 5.11 Å². The molecule has 116 valence electrons. The van der Waals surface area contributed by atoms with E-state index < -0.39 is 46.9 Å². The lowest BCUT2D eigenvalue weighted by Gasteiger charge is -2.23. The first kappa shape index (κ1) is 17.4. The lowest BCUT2D eigenvalue weighted by Crippen LogP contribution is -2.36. The first-order valence-electron chi connectivity index (χ1n) is 5.98. The van der Waals surface area contributed by atoms with Crippen molar-refractivity contribution in [3.63, 3.8) is 0 Å². The number of hydrogen-bond donors (Lipinski definition) is 2. The Labute approximate surface area is 123 Å². The standard InChI is InChI=1S/C13H14F3NO3S/c1-8(12(19)20)11(9-5-3-2-4-6-9)17-10(18)7-21-13(14,15)16/h2-6,8,11H,7H2,1H3,(H,17,18)(H,19,20). The van der Waals surface area contributed by atoms with Crippen LogP contribution in [0.1, 0.15) is 18.5 Å². The van der Waals surface area contributed by atoms with E-state index in [-0.39, 0.29) is 0 Å². The van der Waals surface area contributed by atoms with Crippen molar-refractivity contribution < 1.29 is 27.9 Å². The van der Waals surface area contributed by atoms with Gasteiger partial charge in [-0.15, -0.1) is 0 Å². The number of carbonyl (C=O) groups excluding carboxylic acids is 1. The van der Waals surface area contributed by atoms with Gasteiger partial charge in [0.15, 0.2) is 0 Å². The van der Waals surface area contributed by atoms with Crippen LogP contribution in [0.25, 0.3) is 0 Å². The summed E-state index contributed by atoms with van der Waals surface area (Å²) in [5.74, 6) is -3.78. The zero-order valence-electron chi connectivity index (χ0n) is 11.1. The maximum atomic E-state index is 12.1. The molecule has 0 radical (unpaired) electrons. The molecule has 8 heteroatoms. The van der Waals surface area contributed by atoms with Gasteiger partial charge in [0.1, 0.15) is 0 Å². The molecule has 1 rings (SSSR count). The molecular formula is C13H14F3NO3S. The first-order valence-corrected chi connectivity index (χ1v) is 6.97. The van der Waals surface area contributed by atoms with Crippen LogP contribution in [0.15, 0.2) is 30.3 Å². The highest BCUT2D eigenvalue weighted by molar-refractivity contribution is 8.00. The maximum Gasteiger partial charge on any atom is 0.442 e. The summed E-state index contributed by atoms with van der Waals surface area (Å²) in [5.41, 5.74) is -3.98. The lowest BCUT2D eigenvalue weighted by molar-refractivity contribution is -0.142. The Bertz CT molecular complexity index is 493. The lowest BCUT2D eigenvalue weighted by atomic mass is 9.94. The normalized spacial score (nSPS) is 14.3. The highest BCUT2D eigenvalue weighted by atomic mass is 32.2. The second-order valence-corrected chi connectivity index (χ2v) is 5.36. The number of amides is 1. The number of alkyl halides is 3. The van der Waals surface area contributed by atoms with E-state index in [1.54, 1.807) is 30.3 Å². The van der Waals surface area contributed by atoms with Crippen molar-refractivity contribution in [2.75, 3.05) is 5.75 Å². The van der Waals surface area contributed by atoms with E-state index in [0.29, 0.717) is 5.56 Å². The summed E-state index contributed by atoms with van der Waals surface area (Å²) < 4.78 is 36.2. The van der Waals surface area contributed by atoms with E-state index in [1.807, 2.05) is 0 Å². The third-order valence-electron chi connectivity index (χ3n) is 2.73. The smallest absolute Gasteiger partial charge is 0.442 e. The van der Waals surface area contributed by atoms with Crippen molar-refractivity contribution in [3.8, 4) is 0 Å². The van der Waals surface area contributed by atoms with Gasteiger partial charge in [0.05, 0.1) is 17.7 Å². The van der Waals surface area contributed by atoms with Crippen molar-refractivity contribution in [2.24, 2.45) is 5.92 Å². The minimum atomic E-state index is -4.50. The molecule has 1 aromatic carbocycles. The number of rotatable bonds is 6. The molecule has 2 N–H and O–H groups in total. The van der Waals surface area contributed by atoms with Crippen LogP contribution < -0.4 is 5.32 Å². The molecule has 2 atom stereocenters. The van der Waals surface area contributed by atoms with Crippen LogP contribution in [0, 0.1) is 5.92 Å². The molecule has 4 nitrogen and oxygen atoms in total. The second-order valence-electron chi connectivity index (χ2n) is 4.32. The van der Waals surface area contributed by atoms with Crippen LogP contribution in [-0.4, -0.2) is 28.2 Å². The average Bonchev–Trinajstić information content (AvgIpc) is 2.42. The van der Waals surface area contributed by atoms with Crippen molar-refractivity contribution in [1.29, 1.82) is 0 Å². The van der Waals surface area contributed by atoms with Crippen molar-refractivity contribution in [1.82, 2.24) is 5.32 Å². The molecule has 0 aromatic heterocycles. The number of hydrogen-bond acceptors (Lipinski definition) is 3. The number of thioether (sulfide) groups is 1. The van der Waals surface area contributed by atoms with Gasteiger partial charge in [-0.05, 0) is 24.2 Å². The van der Waals surface area contributed by atoms with Crippen LogP contribution >= 0.6 is 11.8 Å². The largest absolute Gasteiger partial charge is 0.481 e. The van der Waals surface area contributed by atoms with Gasteiger partial charge in [-0.25, -0.2) is 0 Å². The van der Waals surface area contributed by atoms with Crippen molar-refractivity contribution >= 4 is 23.6 Å². The SMILES string of the molecule is CC(C(=O)O)C(NC(=O)CSC(F)(F)F)c1ccccc1. The van der Waals surface area contributed by atoms with Crippen molar-refractivity contribution in [2.45, 2.75) is 18.5 Å². The van der Waals surface area contributed by atoms with Crippen LogP contribution in [-0.2, 0) is 9.59 Å². The molecule has 0 fully saturated rings. The summed E-state index contributed by atoms with van der Waals surface area (Å²) in [6.07, 6.45) is 0. The quantitative estimate of drug-likeness (QED) is 0.845. The monoisotopic (exact) mass is 321 g/mol. The summed E-state index contributed by atoms with van der Waals surface area (Å²) in [6, 6.07) is 7.38. The van der Waals surface area contributed by atoms with Crippen LogP contribution in [0.4, 0.5) is 13.2 Å². The third kappa shape index (κ3) is 6.07. The number of nitrogens with one attached hydrogen (secondary N) is 1.